The van der Waals surface area contributed by atoms with Crippen LogP contribution in [0.25, 0.3) is 0 Å². The summed E-state index contributed by atoms with van der Waals surface area (Å²) in [6.45, 7) is 0. The summed E-state index contributed by atoms with van der Waals surface area (Å²) in [5, 5.41) is 2.72. The lowest BCUT2D eigenvalue weighted by Crippen LogP contribution is -2.13. The first-order valence-electron chi connectivity index (χ1n) is 4.35. The summed E-state index contributed by atoms with van der Waals surface area (Å²) >= 11 is 0. The fourth-order valence-corrected chi connectivity index (χ4v) is 1.57. The fourth-order valence-electron chi connectivity index (χ4n) is 1.57. The van der Waals surface area contributed by atoms with Gasteiger partial charge in [0.1, 0.15) is 0 Å². The Bertz CT molecular complexity index is 413. The van der Waals surface area contributed by atoms with Crippen molar-refractivity contribution in [2.24, 2.45) is 5.73 Å². The third kappa shape index (κ3) is 1.59. The maximum Gasteiger partial charge on any atom is 0.228 e. The third-order valence-electron chi connectivity index (χ3n) is 2.18. The molecule has 1 aliphatic rings. The number of rotatable bonds is 2. The van der Waals surface area contributed by atoms with Crippen LogP contribution in [-0.4, -0.2) is 11.8 Å². The van der Waals surface area contributed by atoms with Crippen molar-refractivity contribution in [1.82, 2.24) is 0 Å². The van der Waals surface area contributed by atoms with E-state index >= 15 is 0 Å². The lowest BCUT2D eigenvalue weighted by Gasteiger charge is -2.01. The number of carbonyl (C=O) groups is 2. The van der Waals surface area contributed by atoms with E-state index in [1.807, 2.05) is 12.1 Å². The number of nitrogens with one attached hydrogen (secondary N) is 1. The molecular formula is C10H10N2O2. The summed E-state index contributed by atoms with van der Waals surface area (Å²) in [6, 6.07) is 5.47. The predicted molar refractivity (Wildman–Crippen MR) is 51.7 cm³/mol. The van der Waals surface area contributed by atoms with E-state index < -0.39 is 0 Å². The van der Waals surface area contributed by atoms with Crippen molar-refractivity contribution in [3.8, 4) is 0 Å². The molecule has 0 bridgehead atoms. The third-order valence-corrected chi connectivity index (χ3v) is 2.18. The van der Waals surface area contributed by atoms with Gasteiger partial charge in [-0.05, 0) is 17.2 Å². The van der Waals surface area contributed by atoms with Crippen LogP contribution in [0.5, 0.6) is 0 Å². The molecule has 0 saturated carbocycles. The van der Waals surface area contributed by atoms with Crippen molar-refractivity contribution in [1.29, 1.82) is 0 Å². The van der Waals surface area contributed by atoms with Crippen LogP contribution in [0.4, 0.5) is 5.69 Å². The van der Waals surface area contributed by atoms with Gasteiger partial charge in [-0.2, -0.15) is 0 Å². The monoisotopic (exact) mass is 190 g/mol. The van der Waals surface area contributed by atoms with Crippen LogP contribution in [0.3, 0.4) is 0 Å². The highest BCUT2D eigenvalue weighted by Crippen LogP contribution is 2.23. The number of carbonyl (C=O) groups excluding carboxylic acids is 2. The molecule has 0 saturated heterocycles. The second-order valence-electron chi connectivity index (χ2n) is 3.36. The predicted octanol–water partition coefficient (Wildman–Crippen LogP) is 0.209. The van der Waals surface area contributed by atoms with E-state index in [0.717, 1.165) is 16.8 Å². The highest BCUT2D eigenvalue weighted by molar-refractivity contribution is 5.99. The number of amides is 2. The largest absolute Gasteiger partial charge is 0.369 e. The molecule has 0 radical (unpaired) electrons. The van der Waals surface area contributed by atoms with Gasteiger partial charge >= 0.3 is 0 Å². The molecule has 0 fully saturated rings. The molecule has 0 spiro atoms. The van der Waals surface area contributed by atoms with Crippen LogP contribution in [0.1, 0.15) is 11.1 Å². The molecule has 0 aliphatic carbocycles. The number of primary amides is 1. The van der Waals surface area contributed by atoms with Gasteiger partial charge in [-0.1, -0.05) is 12.1 Å². The molecule has 4 nitrogen and oxygen atoms in total. The Morgan fingerprint density at radius 3 is 3.00 bits per heavy atom. The maximum atomic E-state index is 11.0. The number of nitrogens with two attached hydrogens (primary N) is 1. The lowest BCUT2D eigenvalue weighted by atomic mass is 10.1. The molecule has 0 atom stereocenters. The zero-order valence-electron chi connectivity index (χ0n) is 7.54. The topological polar surface area (TPSA) is 72.2 Å². The minimum absolute atomic E-state index is 0.00350. The smallest absolute Gasteiger partial charge is 0.228 e. The van der Waals surface area contributed by atoms with Crippen LogP contribution in [0.2, 0.25) is 0 Å². The Labute approximate surface area is 81.1 Å². The van der Waals surface area contributed by atoms with Crippen molar-refractivity contribution in [3.63, 3.8) is 0 Å². The number of fused-ring (bicyclic) bond motifs is 1. The zero-order valence-corrected chi connectivity index (χ0v) is 7.54. The van der Waals surface area contributed by atoms with Crippen LogP contribution in [-0.2, 0) is 22.4 Å². The molecule has 72 valence electrons. The van der Waals surface area contributed by atoms with Crippen molar-refractivity contribution in [2.75, 3.05) is 5.32 Å². The Kier molecular flexibility index (Phi) is 1.96. The minimum atomic E-state index is -0.366. The first kappa shape index (κ1) is 8.74. The first-order valence-corrected chi connectivity index (χ1v) is 4.35. The number of anilines is 1. The average Bonchev–Trinajstić information content (AvgIpc) is 2.42. The van der Waals surface area contributed by atoms with Gasteiger partial charge in [0, 0.05) is 5.69 Å². The molecule has 1 heterocycles. The molecule has 1 aliphatic heterocycles. The number of hydrogen-bond acceptors (Lipinski definition) is 2. The standard InChI is InChI=1S/C10H10N2O2/c11-9(13)4-6-1-2-7-5-10(14)12-8(7)3-6/h1-3H,4-5H2,(H2,11,13)(H,12,14). The van der Waals surface area contributed by atoms with Gasteiger partial charge in [0.25, 0.3) is 0 Å². The SMILES string of the molecule is NC(=O)Cc1ccc2c(c1)NC(=O)C2. The van der Waals surface area contributed by atoms with Gasteiger partial charge in [0.05, 0.1) is 12.8 Å². The van der Waals surface area contributed by atoms with E-state index in [4.69, 9.17) is 5.73 Å². The molecule has 1 aromatic rings. The minimum Gasteiger partial charge on any atom is -0.369 e. The summed E-state index contributed by atoms with van der Waals surface area (Å²) in [6.07, 6.45) is 0.634. The molecule has 14 heavy (non-hydrogen) atoms. The molecule has 2 amide bonds. The van der Waals surface area contributed by atoms with Gasteiger partial charge in [0.15, 0.2) is 0 Å². The Balaban J connectivity index is 2.28. The molecule has 4 heteroatoms. The van der Waals surface area contributed by atoms with Crippen molar-refractivity contribution >= 4 is 17.5 Å². The highest BCUT2D eigenvalue weighted by Gasteiger charge is 2.17. The molecular weight excluding hydrogens is 180 g/mol. The van der Waals surface area contributed by atoms with Crippen LogP contribution < -0.4 is 11.1 Å². The van der Waals surface area contributed by atoms with Gasteiger partial charge < -0.3 is 11.1 Å². The highest BCUT2D eigenvalue weighted by atomic mass is 16.2. The second kappa shape index (κ2) is 3.14. The molecule has 1 aromatic carbocycles. The van der Waals surface area contributed by atoms with E-state index in [1.165, 1.54) is 0 Å². The number of hydrogen-bond donors (Lipinski definition) is 2. The van der Waals surface area contributed by atoms with E-state index in [1.54, 1.807) is 6.07 Å². The Hall–Kier alpha value is -1.84. The van der Waals surface area contributed by atoms with Gasteiger partial charge in [0.2, 0.25) is 11.8 Å². The normalized spacial score (nSPS) is 13.6. The van der Waals surface area contributed by atoms with Gasteiger partial charge in [-0.3, -0.25) is 9.59 Å². The van der Waals surface area contributed by atoms with Crippen molar-refractivity contribution < 1.29 is 9.59 Å². The van der Waals surface area contributed by atoms with E-state index in [-0.39, 0.29) is 18.2 Å². The molecule has 3 N–H and O–H groups in total. The van der Waals surface area contributed by atoms with E-state index in [9.17, 15) is 9.59 Å². The summed E-state index contributed by atoms with van der Waals surface area (Å²) < 4.78 is 0. The first-order chi connectivity index (χ1) is 6.65. The average molecular weight is 190 g/mol. The van der Waals surface area contributed by atoms with Crippen LogP contribution in [0, 0.1) is 0 Å². The molecule has 0 unspecified atom stereocenters. The van der Waals surface area contributed by atoms with Crippen molar-refractivity contribution in [3.05, 3.63) is 29.3 Å². The quantitative estimate of drug-likeness (QED) is 0.699. The zero-order chi connectivity index (χ0) is 10.1. The number of benzene rings is 1. The summed E-state index contributed by atoms with van der Waals surface area (Å²) in [7, 11) is 0. The summed E-state index contributed by atoms with van der Waals surface area (Å²) in [5.74, 6) is -0.370. The van der Waals surface area contributed by atoms with Gasteiger partial charge in [-0.25, -0.2) is 0 Å². The van der Waals surface area contributed by atoms with Crippen LogP contribution in [0.15, 0.2) is 18.2 Å². The lowest BCUT2D eigenvalue weighted by molar-refractivity contribution is -0.117. The van der Waals surface area contributed by atoms with E-state index in [0.29, 0.717) is 6.42 Å². The van der Waals surface area contributed by atoms with Gasteiger partial charge in [-0.15, -0.1) is 0 Å². The summed E-state index contributed by atoms with van der Waals surface area (Å²) in [4.78, 5) is 21.7. The summed E-state index contributed by atoms with van der Waals surface area (Å²) in [5.41, 5.74) is 7.68. The van der Waals surface area contributed by atoms with Crippen LogP contribution >= 0.6 is 0 Å². The van der Waals surface area contributed by atoms with Crippen molar-refractivity contribution in [2.45, 2.75) is 12.8 Å². The second-order valence-corrected chi connectivity index (χ2v) is 3.36. The Morgan fingerprint density at radius 2 is 2.29 bits per heavy atom. The molecule has 2 rings (SSSR count). The Morgan fingerprint density at radius 1 is 1.50 bits per heavy atom. The maximum absolute atomic E-state index is 11.0. The fraction of sp³-hybridized carbons (Fsp3) is 0.200. The molecule has 0 aromatic heterocycles. The van der Waals surface area contributed by atoms with E-state index in [2.05, 4.69) is 5.32 Å².